The van der Waals surface area contributed by atoms with Crippen LogP contribution >= 0.6 is 69.6 Å². The highest BCUT2D eigenvalue weighted by Gasteiger charge is 2.76. The maximum atomic E-state index is 13.3. The van der Waals surface area contributed by atoms with Crippen molar-refractivity contribution in [2.75, 3.05) is 17.2 Å². The monoisotopic (exact) mass is 592 g/mol. The van der Waals surface area contributed by atoms with E-state index in [0.717, 1.165) is 6.07 Å². The largest absolute Gasteiger partial charge is 0.384 e. The van der Waals surface area contributed by atoms with Gasteiger partial charge in [0.15, 0.2) is 0 Å². The van der Waals surface area contributed by atoms with E-state index in [4.69, 9.17) is 69.6 Å². The number of rotatable bonds is 7. The highest BCUT2D eigenvalue weighted by Crippen LogP contribution is 2.73. The molecule has 0 aliphatic heterocycles. The highest BCUT2D eigenvalue weighted by atomic mass is 35.5. The van der Waals surface area contributed by atoms with Gasteiger partial charge in [-0.1, -0.05) is 69.6 Å². The number of hydrogen-bond acceptors (Lipinski definition) is 3. The summed E-state index contributed by atoms with van der Waals surface area (Å²) in [6, 6.07) is 13.2. The van der Waals surface area contributed by atoms with Gasteiger partial charge in [-0.3, -0.25) is 4.79 Å². The van der Waals surface area contributed by atoms with Gasteiger partial charge in [-0.25, -0.2) is 4.39 Å². The van der Waals surface area contributed by atoms with Crippen LogP contribution in [0.1, 0.15) is 21.8 Å². The first-order chi connectivity index (χ1) is 16.5. The number of carbonyl (C=O) groups is 2. The summed E-state index contributed by atoms with van der Waals surface area (Å²) in [6.07, 6.45) is 0.708. The van der Waals surface area contributed by atoms with Gasteiger partial charge >= 0.3 is 0 Å². The average molecular weight is 595 g/mol. The molecule has 3 aromatic carbocycles. The van der Waals surface area contributed by atoms with Gasteiger partial charge in [0.1, 0.15) is 16.4 Å². The van der Waals surface area contributed by atoms with Gasteiger partial charge in [0.25, 0.3) is 5.91 Å². The van der Waals surface area contributed by atoms with Crippen LogP contribution in [0.15, 0.2) is 54.6 Å². The van der Waals surface area contributed by atoms with E-state index in [-0.39, 0.29) is 27.8 Å². The van der Waals surface area contributed by atoms with Crippen molar-refractivity contribution in [3.05, 3.63) is 91.6 Å². The minimum Gasteiger partial charge on any atom is -0.384 e. The lowest BCUT2D eigenvalue weighted by atomic mass is 10.00. The molecular formula is C24H15Cl6FN2O2. The molecule has 4 nitrogen and oxygen atoms in total. The molecule has 0 heterocycles. The predicted molar refractivity (Wildman–Crippen MR) is 141 cm³/mol. The molecule has 182 valence electrons. The van der Waals surface area contributed by atoms with Crippen molar-refractivity contribution in [3.63, 3.8) is 0 Å². The fourth-order valence-corrected chi connectivity index (χ4v) is 5.91. The van der Waals surface area contributed by atoms with Crippen molar-refractivity contribution >= 4 is 93.2 Å². The lowest BCUT2D eigenvalue weighted by Gasteiger charge is -2.15. The first-order valence-corrected chi connectivity index (χ1v) is 12.4. The molecule has 0 aromatic heterocycles. The number of carbonyl (C=O) groups excluding carboxylic acids is 2. The minimum atomic E-state index is -1.40. The minimum absolute atomic E-state index is 0.0399. The molecule has 0 bridgehead atoms. The van der Waals surface area contributed by atoms with Crippen molar-refractivity contribution in [1.29, 1.82) is 0 Å². The Morgan fingerprint density at radius 3 is 2.26 bits per heavy atom. The standard InChI is InChI=1S/C24H15Cl6FN2O2/c25-13-5-12(6-14(26)7-13)21-23(11-34,24(21,29)30)10-32-16-2-3-18(27)17(9-16)22(35)33-20-4-1-15(31)8-19(20)28/h1-9,11,21,32H,10H2,(H,33,35). The van der Waals surface area contributed by atoms with Gasteiger partial charge in [-0.05, 0) is 60.2 Å². The Morgan fingerprint density at radius 2 is 1.63 bits per heavy atom. The number of aldehydes is 1. The zero-order chi connectivity index (χ0) is 25.5. The maximum Gasteiger partial charge on any atom is 0.257 e. The third-order valence-corrected chi connectivity index (χ3v) is 8.04. The first-order valence-electron chi connectivity index (χ1n) is 10.1. The summed E-state index contributed by atoms with van der Waals surface area (Å²) in [5, 5.41) is 6.71. The van der Waals surface area contributed by atoms with E-state index in [9.17, 15) is 14.0 Å². The molecular weight excluding hydrogens is 580 g/mol. The Labute approximate surface area is 230 Å². The third kappa shape index (κ3) is 5.08. The molecule has 11 heteroatoms. The van der Waals surface area contributed by atoms with Crippen LogP contribution in [0.25, 0.3) is 0 Å². The number of benzene rings is 3. The van der Waals surface area contributed by atoms with Gasteiger partial charge in [0, 0.05) is 28.2 Å². The smallest absolute Gasteiger partial charge is 0.257 e. The normalized spacial score (nSPS) is 20.3. The summed E-state index contributed by atoms with van der Waals surface area (Å²) in [5.41, 5.74) is 0.309. The first kappa shape index (κ1) is 26.3. The molecule has 35 heavy (non-hydrogen) atoms. The van der Waals surface area contributed by atoms with Gasteiger partial charge in [-0.15, -0.1) is 0 Å². The molecule has 2 atom stereocenters. The van der Waals surface area contributed by atoms with E-state index in [2.05, 4.69) is 10.6 Å². The third-order valence-electron chi connectivity index (χ3n) is 5.82. The Hall–Kier alpha value is -1.73. The van der Waals surface area contributed by atoms with Crippen molar-refractivity contribution in [2.45, 2.75) is 10.3 Å². The van der Waals surface area contributed by atoms with Gasteiger partial charge in [0.05, 0.1) is 26.7 Å². The second-order valence-electron chi connectivity index (χ2n) is 8.04. The van der Waals surface area contributed by atoms with Crippen LogP contribution < -0.4 is 10.6 Å². The van der Waals surface area contributed by atoms with Crippen LogP contribution in [0.4, 0.5) is 15.8 Å². The summed E-state index contributed by atoms with van der Waals surface area (Å²) in [6.45, 7) is 0.0603. The van der Waals surface area contributed by atoms with Crippen molar-refractivity contribution in [3.8, 4) is 0 Å². The lowest BCUT2D eigenvalue weighted by Crippen LogP contribution is -2.23. The average Bonchev–Trinajstić information content (AvgIpc) is 3.29. The van der Waals surface area contributed by atoms with Crippen molar-refractivity contribution in [2.24, 2.45) is 5.41 Å². The van der Waals surface area contributed by atoms with E-state index >= 15 is 0 Å². The van der Waals surface area contributed by atoms with Crippen LogP contribution in [0, 0.1) is 11.2 Å². The number of anilines is 2. The number of amides is 1. The Bertz CT molecular complexity index is 1320. The highest BCUT2D eigenvalue weighted by molar-refractivity contribution is 6.54. The predicted octanol–water partition coefficient (Wildman–Crippen LogP) is 8.26. The Kier molecular flexibility index (Phi) is 7.50. The van der Waals surface area contributed by atoms with Crippen LogP contribution in [0.5, 0.6) is 0 Å². The number of nitrogens with one attached hydrogen (secondary N) is 2. The second-order valence-corrected chi connectivity index (χ2v) is 11.1. The molecule has 4 rings (SSSR count). The summed E-state index contributed by atoms with van der Waals surface area (Å²) in [5.74, 6) is -1.65. The van der Waals surface area contributed by atoms with Crippen molar-refractivity contribution < 1.29 is 14.0 Å². The molecule has 0 spiro atoms. The molecule has 1 aliphatic carbocycles. The van der Waals surface area contributed by atoms with Crippen LogP contribution in [-0.4, -0.2) is 23.1 Å². The fraction of sp³-hybridized carbons (Fsp3) is 0.167. The maximum absolute atomic E-state index is 13.3. The SMILES string of the molecule is O=CC1(CNc2ccc(Cl)c(C(=O)Nc3ccc(F)cc3Cl)c2)C(c2cc(Cl)cc(Cl)c2)C1(Cl)Cl. The molecule has 1 saturated carbocycles. The van der Waals surface area contributed by atoms with Gasteiger partial charge < -0.3 is 15.4 Å². The summed E-state index contributed by atoms with van der Waals surface area (Å²) >= 11 is 37.5. The second kappa shape index (κ2) is 9.97. The molecule has 1 fully saturated rings. The molecule has 1 aliphatic rings. The molecule has 0 radical (unpaired) electrons. The van der Waals surface area contributed by atoms with Crippen LogP contribution in [0.3, 0.4) is 0 Å². The summed E-state index contributed by atoms with van der Waals surface area (Å²) in [7, 11) is 0. The fourth-order valence-electron chi connectivity index (χ4n) is 3.97. The molecule has 3 aromatic rings. The van der Waals surface area contributed by atoms with Crippen LogP contribution in [-0.2, 0) is 4.79 Å². The van der Waals surface area contributed by atoms with Crippen LogP contribution in [0.2, 0.25) is 20.1 Å². The van der Waals surface area contributed by atoms with Crippen molar-refractivity contribution in [1.82, 2.24) is 0 Å². The number of hydrogen-bond donors (Lipinski definition) is 2. The molecule has 1 amide bonds. The molecule has 2 unspecified atom stereocenters. The van der Waals surface area contributed by atoms with E-state index in [1.54, 1.807) is 24.3 Å². The van der Waals surface area contributed by atoms with E-state index in [0.29, 0.717) is 27.6 Å². The zero-order valence-corrected chi connectivity index (χ0v) is 22.1. The van der Waals surface area contributed by atoms with E-state index in [1.807, 2.05) is 0 Å². The topological polar surface area (TPSA) is 58.2 Å². The van der Waals surface area contributed by atoms with E-state index < -0.39 is 27.4 Å². The summed E-state index contributed by atoms with van der Waals surface area (Å²) < 4.78 is 11.9. The van der Waals surface area contributed by atoms with E-state index in [1.165, 1.54) is 24.3 Å². The lowest BCUT2D eigenvalue weighted by molar-refractivity contribution is -0.112. The zero-order valence-electron chi connectivity index (χ0n) is 17.5. The Morgan fingerprint density at radius 1 is 0.943 bits per heavy atom. The number of halogens is 7. The van der Waals surface area contributed by atoms with Gasteiger partial charge in [-0.2, -0.15) is 0 Å². The summed E-state index contributed by atoms with van der Waals surface area (Å²) in [4.78, 5) is 25.0. The molecule has 2 N–H and O–H groups in total. The van der Waals surface area contributed by atoms with Gasteiger partial charge in [0.2, 0.25) is 0 Å². The molecule has 0 saturated heterocycles. The number of alkyl halides is 2. The quantitative estimate of drug-likeness (QED) is 0.214. The Balaban J connectivity index is 1.54.